The summed E-state index contributed by atoms with van der Waals surface area (Å²) in [5.74, 6) is 1.88. The van der Waals surface area contributed by atoms with Gasteiger partial charge in [-0.05, 0) is 55.8 Å². The molecule has 0 aliphatic carbocycles. The minimum atomic E-state index is -0.224. The van der Waals surface area contributed by atoms with Gasteiger partial charge in [-0.15, -0.1) is 10.2 Å². The molecule has 9 nitrogen and oxygen atoms in total. The number of rotatable bonds is 10. The summed E-state index contributed by atoms with van der Waals surface area (Å²) in [5.41, 5.74) is 6.78. The largest absolute Gasteiger partial charge is 0.493 e. The van der Waals surface area contributed by atoms with Crippen molar-refractivity contribution in [3.05, 3.63) is 66.2 Å². The fraction of sp³-hybridized carbons (Fsp3) is 0.241. The highest BCUT2D eigenvalue weighted by atomic mass is 32.2. The van der Waals surface area contributed by atoms with E-state index in [-0.39, 0.29) is 11.7 Å². The number of amides is 1. The lowest BCUT2D eigenvalue weighted by atomic mass is 10.1. The van der Waals surface area contributed by atoms with Crippen LogP contribution in [0.4, 0.5) is 0 Å². The van der Waals surface area contributed by atoms with Crippen molar-refractivity contribution in [2.45, 2.75) is 32.1 Å². The summed E-state index contributed by atoms with van der Waals surface area (Å²) in [6.45, 7) is 5.70. The number of carbonyl (C=O) groups is 1. The first-order chi connectivity index (χ1) is 19.1. The van der Waals surface area contributed by atoms with Gasteiger partial charge in [0.25, 0.3) is 5.91 Å². The summed E-state index contributed by atoms with van der Waals surface area (Å²) in [5, 5.41) is 15.9. The zero-order chi connectivity index (χ0) is 27.4. The number of para-hydroxylation sites is 1. The predicted octanol–water partition coefficient (Wildman–Crippen LogP) is 5.35. The fourth-order valence-corrected chi connectivity index (χ4v) is 5.50. The number of thioether (sulfide) groups is 1. The van der Waals surface area contributed by atoms with Gasteiger partial charge < -0.3 is 18.6 Å². The van der Waals surface area contributed by atoms with E-state index in [2.05, 4.69) is 68.6 Å². The van der Waals surface area contributed by atoms with Crippen LogP contribution in [0.5, 0.6) is 11.5 Å². The molecule has 0 aliphatic rings. The van der Waals surface area contributed by atoms with Gasteiger partial charge in [-0.25, -0.2) is 5.43 Å². The van der Waals surface area contributed by atoms with Crippen LogP contribution < -0.4 is 14.9 Å². The molecular formula is C29H30N6O3S. The highest BCUT2D eigenvalue weighted by molar-refractivity contribution is 7.99. The molecule has 0 saturated carbocycles. The third kappa shape index (κ3) is 5.20. The van der Waals surface area contributed by atoms with Gasteiger partial charge in [0.1, 0.15) is 0 Å². The Kier molecular flexibility index (Phi) is 7.83. The molecule has 3 aromatic carbocycles. The second-order valence-corrected chi connectivity index (χ2v) is 9.68. The number of nitrogens with one attached hydrogen (secondary N) is 1. The molecule has 1 N–H and O–H groups in total. The third-order valence-electron chi connectivity index (χ3n) is 6.52. The van der Waals surface area contributed by atoms with Crippen molar-refractivity contribution in [1.82, 2.24) is 24.8 Å². The Hall–Kier alpha value is -4.31. The van der Waals surface area contributed by atoms with Gasteiger partial charge in [0.05, 0.1) is 26.2 Å². The third-order valence-corrected chi connectivity index (χ3v) is 7.49. The monoisotopic (exact) mass is 542 g/mol. The average molecular weight is 543 g/mol. The molecule has 0 atom stereocenters. The SMILES string of the molecule is CCn1c(SCC(=O)NN=Cc2ccc3c(c2)c2ccccc2n3CC)nnc1-c1ccc(OC)c(OC)c1. The minimum Gasteiger partial charge on any atom is -0.493 e. The van der Waals surface area contributed by atoms with Crippen LogP contribution in [0.3, 0.4) is 0 Å². The van der Waals surface area contributed by atoms with Crippen LogP contribution >= 0.6 is 11.8 Å². The second-order valence-electron chi connectivity index (χ2n) is 8.74. The first-order valence-corrected chi connectivity index (χ1v) is 13.7. The van der Waals surface area contributed by atoms with E-state index in [0.717, 1.165) is 17.7 Å². The Morgan fingerprint density at radius 3 is 2.46 bits per heavy atom. The maximum absolute atomic E-state index is 12.5. The van der Waals surface area contributed by atoms with E-state index in [9.17, 15) is 4.79 Å². The zero-order valence-corrected chi connectivity index (χ0v) is 23.2. The van der Waals surface area contributed by atoms with Crippen molar-refractivity contribution < 1.29 is 14.3 Å². The molecular weight excluding hydrogens is 512 g/mol. The second kappa shape index (κ2) is 11.6. The number of hydrogen-bond acceptors (Lipinski definition) is 7. The van der Waals surface area contributed by atoms with Gasteiger partial charge in [-0.2, -0.15) is 5.10 Å². The van der Waals surface area contributed by atoms with Crippen LogP contribution in [-0.2, 0) is 17.9 Å². The molecule has 1 amide bonds. The Morgan fingerprint density at radius 1 is 0.923 bits per heavy atom. The molecule has 5 aromatic rings. The van der Waals surface area contributed by atoms with E-state index in [4.69, 9.17) is 9.47 Å². The molecule has 39 heavy (non-hydrogen) atoms. The normalized spacial score (nSPS) is 11.5. The van der Waals surface area contributed by atoms with Crippen molar-refractivity contribution in [2.24, 2.45) is 5.10 Å². The van der Waals surface area contributed by atoms with E-state index in [1.807, 2.05) is 35.8 Å². The summed E-state index contributed by atoms with van der Waals surface area (Å²) in [7, 11) is 3.19. The Morgan fingerprint density at radius 2 is 1.69 bits per heavy atom. The van der Waals surface area contributed by atoms with Crippen molar-refractivity contribution in [3.63, 3.8) is 0 Å². The van der Waals surface area contributed by atoms with E-state index < -0.39 is 0 Å². The molecule has 5 rings (SSSR count). The lowest BCUT2D eigenvalue weighted by Gasteiger charge is -2.10. The number of aromatic nitrogens is 4. The summed E-state index contributed by atoms with van der Waals surface area (Å²) < 4.78 is 15.0. The van der Waals surface area contributed by atoms with E-state index in [1.54, 1.807) is 20.4 Å². The topological polar surface area (TPSA) is 95.6 Å². The maximum atomic E-state index is 12.5. The minimum absolute atomic E-state index is 0.157. The predicted molar refractivity (Wildman–Crippen MR) is 156 cm³/mol. The van der Waals surface area contributed by atoms with Crippen LogP contribution in [0.15, 0.2) is 70.9 Å². The number of hydrazone groups is 1. The molecule has 0 aliphatic heterocycles. The van der Waals surface area contributed by atoms with Crippen LogP contribution in [-0.4, -0.2) is 51.4 Å². The number of methoxy groups -OCH3 is 2. The number of hydrogen-bond donors (Lipinski definition) is 1. The molecule has 0 bridgehead atoms. The summed E-state index contributed by atoms with van der Waals surface area (Å²) >= 11 is 1.31. The molecule has 200 valence electrons. The van der Waals surface area contributed by atoms with Gasteiger partial charge in [-0.3, -0.25) is 4.79 Å². The zero-order valence-electron chi connectivity index (χ0n) is 22.3. The Bertz CT molecular complexity index is 1670. The smallest absolute Gasteiger partial charge is 0.250 e. The maximum Gasteiger partial charge on any atom is 0.250 e. The molecule has 0 unspecified atom stereocenters. The summed E-state index contributed by atoms with van der Waals surface area (Å²) in [6.07, 6.45) is 1.67. The molecule has 10 heteroatoms. The van der Waals surface area contributed by atoms with Gasteiger partial charge in [0.2, 0.25) is 0 Å². The Labute approximate surface area is 230 Å². The van der Waals surface area contributed by atoms with Crippen LogP contribution in [0.1, 0.15) is 19.4 Å². The standard InChI is InChI=1S/C29H30N6O3S/c1-5-34-23-10-8-7-9-21(23)22-15-19(11-13-24(22)34)17-30-31-27(36)18-39-29-33-32-28(35(29)6-2)20-12-14-25(37-3)26(16-20)38-4/h7-17H,5-6,18H2,1-4H3,(H,31,36). The average Bonchev–Trinajstić information content (AvgIpc) is 3.53. The van der Waals surface area contributed by atoms with Gasteiger partial charge >= 0.3 is 0 Å². The molecule has 2 aromatic heterocycles. The number of benzene rings is 3. The van der Waals surface area contributed by atoms with Crippen LogP contribution in [0.25, 0.3) is 33.2 Å². The number of fused-ring (bicyclic) bond motifs is 3. The Balaban J connectivity index is 1.25. The lowest BCUT2D eigenvalue weighted by Crippen LogP contribution is -2.20. The van der Waals surface area contributed by atoms with Gasteiger partial charge in [0.15, 0.2) is 22.5 Å². The summed E-state index contributed by atoms with van der Waals surface area (Å²) in [6, 6.07) is 20.2. The van der Waals surface area contributed by atoms with Gasteiger partial charge in [0, 0.05) is 40.5 Å². The first-order valence-electron chi connectivity index (χ1n) is 12.7. The van der Waals surface area contributed by atoms with Crippen LogP contribution in [0.2, 0.25) is 0 Å². The quantitative estimate of drug-likeness (QED) is 0.145. The molecule has 0 saturated heterocycles. The molecule has 0 spiro atoms. The van der Waals surface area contributed by atoms with E-state index in [0.29, 0.717) is 29.0 Å². The number of aryl methyl sites for hydroxylation is 1. The van der Waals surface area contributed by atoms with E-state index in [1.165, 1.54) is 33.6 Å². The van der Waals surface area contributed by atoms with Crippen molar-refractivity contribution in [2.75, 3.05) is 20.0 Å². The van der Waals surface area contributed by atoms with Crippen molar-refractivity contribution in [1.29, 1.82) is 0 Å². The highest BCUT2D eigenvalue weighted by Crippen LogP contribution is 2.33. The number of carbonyl (C=O) groups excluding carboxylic acids is 1. The highest BCUT2D eigenvalue weighted by Gasteiger charge is 2.16. The fourth-order valence-electron chi connectivity index (χ4n) is 4.70. The van der Waals surface area contributed by atoms with Crippen molar-refractivity contribution >= 4 is 45.7 Å². The number of ether oxygens (including phenoxy) is 2. The lowest BCUT2D eigenvalue weighted by molar-refractivity contribution is -0.118. The summed E-state index contributed by atoms with van der Waals surface area (Å²) in [4.78, 5) is 12.5. The number of nitrogens with zero attached hydrogens (tertiary/aromatic N) is 5. The van der Waals surface area contributed by atoms with Gasteiger partial charge in [-0.1, -0.05) is 36.0 Å². The molecule has 2 heterocycles. The molecule has 0 fully saturated rings. The van der Waals surface area contributed by atoms with Crippen LogP contribution in [0, 0.1) is 0 Å². The first kappa shape index (κ1) is 26.3. The molecule has 0 radical (unpaired) electrons. The van der Waals surface area contributed by atoms with Crippen molar-refractivity contribution in [3.8, 4) is 22.9 Å². The van der Waals surface area contributed by atoms with E-state index >= 15 is 0 Å².